The van der Waals surface area contributed by atoms with Crippen LogP contribution in [0.4, 0.5) is 0 Å². The Morgan fingerprint density at radius 2 is 1.85 bits per heavy atom. The molecule has 5 rings (SSSR count). The summed E-state index contributed by atoms with van der Waals surface area (Å²) in [7, 11) is -3.96. The molecule has 1 unspecified atom stereocenters. The molecular formula is C28H33ClN4O6S. The molecule has 2 fully saturated rings. The van der Waals surface area contributed by atoms with Gasteiger partial charge in [-0.15, -0.1) is 0 Å². The van der Waals surface area contributed by atoms with Gasteiger partial charge < -0.3 is 24.6 Å². The van der Waals surface area contributed by atoms with E-state index in [1.807, 2.05) is 6.07 Å². The van der Waals surface area contributed by atoms with Gasteiger partial charge in [0.15, 0.2) is 0 Å². The summed E-state index contributed by atoms with van der Waals surface area (Å²) < 4.78 is 34.3. The molecular weight excluding hydrogens is 556 g/mol. The maximum Gasteiger partial charge on any atom is 0.245 e. The molecule has 2 aliphatic rings. The maximum atomic E-state index is 13.4. The zero-order valence-electron chi connectivity index (χ0n) is 22.2. The molecule has 0 bridgehead atoms. The molecule has 3 atom stereocenters. The molecule has 12 heteroatoms. The van der Waals surface area contributed by atoms with Gasteiger partial charge in [-0.3, -0.25) is 9.59 Å². The minimum absolute atomic E-state index is 0.0617. The maximum absolute atomic E-state index is 13.4. The van der Waals surface area contributed by atoms with E-state index in [4.69, 9.17) is 21.1 Å². The van der Waals surface area contributed by atoms with Gasteiger partial charge >= 0.3 is 0 Å². The number of rotatable bonds is 9. The fraction of sp³-hybridized carbons (Fsp3) is 0.429. The van der Waals surface area contributed by atoms with Gasteiger partial charge in [0, 0.05) is 30.7 Å². The number of sulfonamides is 1. The van der Waals surface area contributed by atoms with Gasteiger partial charge in [0.05, 0.1) is 11.4 Å². The predicted molar refractivity (Wildman–Crippen MR) is 150 cm³/mol. The number of nitrogens with one attached hydrogen (secondary N) is 2. The van der Waals surface area contributed by atoms with Gasteiger partial charge in [0.2, 0.25) is 21.8 Å². The van der Waals surface area contributed by atoms with Crippen LogP contribution in [-0.4, -0.2) is 72.9 Å². The third kappa shape index (κ3) is 6.18. The summed E-state index contributed by atoms with van der Waals surface area (Å²) in [4.78, 5) is 29.9. The third-order valence-electron chi connectivity index (χ3n) is 7.62. The number of likely N-dealkylation sites (tertiary alicyclic amines) is 2. The zero-order chi connectivity index (χ0) is 28.4. The summed E-state index contributed by atoms with van der Waals surface area (Å²) in [6.07, 6.45) is 2.01. The lowest BCUT2D eigenvalue weighted by Gasteiger charge is -2.36. The van der Waals surface area contributed by atoms with Crippen molar-refractivity contribution in [3.63, 3.8) is 0 Å². The highest BCUT2D eigenvalue weighted by Crippen LogP contribution is 2.24. The van der Waals surface area contributed by atoms with Crippen LogP contribution >= 0.6 is 11.6 Å². The number of amides is 2. The predicted octanol–water partition coefficient (Wildman–Crippen LogP) is 2.63. The Labute approximate surface area is 238 Å². The van der Waals surface area contributed by atoms with Gasteiger partial charge in [-0.05, 0) is 73.4 Å². The summed E-state index contributed by atoms with van der Waals surface area (Å²) in [5.41, 5.74) is 0. The van der Waals surface area contributed by atoms with E-state index in [2.05, 4.69) is 10.0 Å². The molecule has 2 saturated heterocycles. The Balaban J connectivity index is 1.18. The van der Waals surface area contributed by atoms with Crippen molar-refractivity contribution in [2.75, 3.05) is 19.6 Å². The molecule has 2 amide bonds. The zero-order valence-corrected chi connectivity index (χ0v) is 23.7. The highest BCUT2D eigenvalue weighted by atomic mass is 35.5. The van der Waals surface area contributed by atoms with E-state index < -0.39 is 28.0 Å². The lowest BCUT2D eigenvalue weighted by Crippen LogP contribution is -2.54. The molecule has 2 aromatic carbocycles. The third-order valence-corrected chi connectivity index (χ3v) is 9.32. The first-order chi connectivity index (χ1) is 19.1. The number of aliphatic hydroxyl groups excluding tert-OH is 1. The smallest absolute Gasteiger partial charge is 0.245 e. The van der Waals surface area contributed by atoms with Crippen molar-refractivity contribution < 1.29 is 27.5 Å². The number of furan rings is 1. The second-order valence-corrected chi connectivity index (χ2v) is 12.5. The average Bonchev–Trinajstić information content (AvgIpc) is 3.57. The van der Waals surface area contributed by atoms with Crippen molar-refractivity contribution in [1.82, 2.24) is 19.8 Å². The number of carbonyl (C=O) groups excluding carboxylic acids is 2. The number of hydrogen-bond acceptors (Lipinski definition) is 7. The Morgan fingerprint density at radius 3 is 2.62 bits per heavy atom. The Hall–Kier alpha value is -2.96. The summed E-state index contributed by atoms with van der Waals surface area (Å²) in [5, 5.41) is 14.7. The molecule has 40 heavy (non-hydrogen) atoms. The SMILES string of the molecule is C[C@@H](C(=O)N1CCCC(NCc2ccc(CO)o2)C1)N1CC[C@H](NS(=O)(=O)c2ccc3cc(Cl)ccc3c2)C1=O. The molecule has 0 spiro atoms. The molecule has 0 aliphatic carbocycles. The van der Waals surface area contributed by atoms with E-state index in [1.165, 1.54) is 11.0 Å². The monoisotopic (exact) mass is 588 g/mol. The van der Waals surface area contributed by atoms with Crippen LogP contribution < -0.4 is 10.0 Å². The summed E-state index contributed by atoms with van der Waals surface area (Å²) in [6.45, 7) is 3.42. The highest BCUT2D eigenvalue weighted by Gasteiger charge is 2.40. The van der Waals surface area contributed by atoms with Crippen LogP contribution in [0.2, 0.25) is 5.02 Å². The first kappa shape index (κ1) is 28.6. The molecule has 214 valence electrons. The first-order valence-electron chi connectivity index (χ1n) is 13.4. The number of aliphatic hydroxyl groups is 1. The molecule has 3 heterocycles. The lowest BCUT2D eigenvalue weighted by atomic mass is 10.0. The Morgan fingerprint density at radius 1 is 1.10 bits per heavy atom. The number of carbonyl (C=O) groups is 2. The van der Waals surface area contributed by atoms with Crippen LogP contribution in [-0.2, 0) is 32.8 Å². The van der Waals surface area contributed by atoms with Gasteiger partial charge in [0.25, 0.3) is 0 Å². The van der Waals surface area contributed by atoms with Crippen LogP contribution in [0.1, 0.15) is 37.7 Å². The van der Waals surface area contributed by atoms with Gasteiger partial charge in [0.1, 0.15) is 30.2 Å². The number of fused-ring (bicyclic) bond motifs is 1. The first-order valence-corrected chi connectivity index (χ1v) is 15.2. The molecule has 2 aliphatic heterocycles. The van der Waals surface area contributed by atoms with E-state index in [1.54, 1.807) is 48.2 Å². The number of benzene rings is 2. The van der Waals surface area contributed by atoms with Gasteiger partial charge in [-0.25, -0.2) is 8.42 Å². The quantitative estimate of drug-likeness (QED) is 0.350. The summed E-state index contributed by atoms with van der Waals surface area (Å²) >= 11 is 6.03. The standard InChI is InChI=1S/C28H33ClN4O6S/c1-18(27(35)32-11-2-3-22(16-32)30-15-23-7-8-24(17-34)39-23)33-12-10-26(28(33)36)31-40(37,38)25-9-5-19-13-21(29)6-4-20(19)14-25/h4-9,13-14,18,22,26,30-31,34H,2-3,10-12,15-17H2,1H3/t18-,22?,26-/m0/s1. The second kappa shape index (κ2) is 11.9. The van der Waals surface area contributed by atoms with E-state index in [-0.39, 0.29) is 36.4 Å². The Kier molecular flexibility index (Phi) is 8.48. The molecule has 0 radical (unpaired) electrons. The Bertz CT molecular complexity index is 1510. The van der Waals surface area contributed by atoms with Gasteiger partial charge in [-0.1, -0.05) is 23.7 Å². The minimum atomic E-state index is -3.96. The fourth-order valence-corrected chi connectivity index (χ4v) is 6.84. The fourth-order valence-electron chi connectivity index (χ4n) is 5.40. The number of hydrogen-bond donors (Lipinski definition) is 3. The molecule has 1 aromatic heterocycles. The molecule has 10 nitrogen and oxygen atoms in total. The van der Waals surface area contributed by atoms with Gasteiger partial charge in [-0.2, -0.15) is 4.72 Å². The van der Waals surface area contributed by atoms with E-state index >= 15 is 0 Å². The number of halogens is 1. The topological polar surface area (TPSA) is 132 Å². The normalized spacial score (nSPS) is 20.8. The second-order valence-electron chi connectivity index (χ2n) is 10.4. The largest absolute Gasteiger partial charge is 0.462 e. The van der Waals surface area contributed by atoms with Crippen LogP contribution in [0, 0.1) is 0 Å². The van der Waals surface area contributed by atoms with Crippen molar-refractivity contribution >= 4 is 44.2 Å². The van der Waals surface area contributed by atoms with Crippen LogP contribution in [0.5, 0.6) is 0 Å². The molecule has 0 saturated carbocycles. The summed E-state index contributed by atoms with van der Waals surface area (Å²) in [6, 6.07) is 11.9. The highest BCUT2D eigenvalue weighted by molar-refractivity contribution is 7.89. The average molecular weight is 589 g/mol. The van der Waals surface area contributed by atoms with Crippen molar-refractivity contribution in [2.45, 2.75) is 62.4 Å². The van der Waals surface area contributed by atoms with E-state index in [9.17, 15) is 18.0 Å². The number of piperidine rings is 1. The molecule has 3 N–H and O–H groups in total. The van der Waals surface area contributed by atoms with Crippen LogP contribution in [0.25, 0.3) is 10.8 Å². The lowest BCUT2D eigenvalue weighted by molar-refractivity contribution is -0.144. The summed E-state index contributed by atoms with van der Waals surface area (Å²) in [5.74, 6) is 0.660. The van der Waals surface area contributed by atoms with E-state index in [0.717, 1.165) is 23.6 Å². The number of nitrogens with zero attached hydrogens (tertiary/aromatic N) is 2. The van der Waals surface area contributed by atoms with Crippen molar-refractivity contribution in [1.29, 1.82) is 0 Å². The van der Waals surface area contributed by atoms with Crippen molar-refractivity contribution in [3.8, 4) is 0 Å². The molecule has 3 aromatic rings. The van der Waals surface area contributed by atoms with Crippen LogP contribution in [0.3, 0.4) is 0 Å². The van der Waals surface area contributed by atoms with Crippen molar-refractivity contribution in [3.05, 3.63) is 65.1 Å². The van der Waals surface area contributed by atoms with E-state index in [0.29, 0.717) is 36.2 Å². The van der Waals surface area contributed by atoms with Crippen molar-refractivity contribution in [2.24, 2.45) is 0 Å². The minimum Gasteiger partial charge on any atom is -0.462 e. The van der Waals surface area contributed by atoms with Crippen LogP contribution in [0.15, 0.2) is 57.8 Å².